The number of carbonyl (C=O) groups is 1. The Kier molecular flexibility index (Phi) is 3.90. The summed E-state index contributed by atoms with van der Waals surface area (Å²) in [5, 5.41) is 9.22. The molecule has 0 spiro atoms. The number of hydrogen-bond donors (Lipinski definition) is 2. The van der Waals surface area contributed by atoms with Crippen molar-refractivity contribution in [2.75, 3.05) is 43.4 Å². The quantitative estimate of drug-likeness (QED) is 0.807. The number of benzene rings is 1. The van der Waals surface area contributed by atoms with Gasteiger partial charge in [0.1, 0.15) is 11.4 Å². The summed E-state index contributed by atoms with van der Waals surface area (Å²) in [5.74, 6) is -1.88. The van der Waals surface area contributed by atoms with Gasteiger partial charge in [0.2, 0.25) is 0 Å². The Morgan fingerprint density at radius 3 is 2.53 bits per heavy atom. The van der Waals surface area contributed by atoms with Crippen molar-refractivity contribution >= 4 is 17.3 Å². The van der Waals surface area contributed by atoms with Crippen molar-refractivity contribution in [3.8, 4) is 0 Å². The fourth-order valence-electron chi connectivity index (χ4n) is 2.38. The molecule has 1 aliphatic heterocycles. The van der Waals surface area contributed by atoms with Crippen LogP contribution in [0.15, 0.2) is 12.1 Å². The Morgan fingerprint density at radius 1 is 1.37 bits per heavy atom. The van der Waals surface area contributed by atoms with Crippen LogP contribution in [0.1, 0.15) is 17.3 Å². The summed E-state index contributed by atoms with van der Waals surface area (Å²) >= 11 is 0. The monoisotopic (exact) mass is 267 g/mol. The van der Waals surface area contributed by atoms with Gasteiger partial charge in [-0.05, 0) is 18.7 Å². The van der Waals surface area contributed by atoms with E-state index in [1.807, 2.05) is 4.90 Å². The predicted molar refractivity (Wildman–Crippen MR) is 72.1 cm³/mol. The van der Waals surface area contributed by atoms with E-state index in [2.05, 4.69) is 11.8 Å². The van der Waals surface area contributed by atoms with Crippen LogP contribution in [0.25, 0.3) is 0 Å². The lowest BCUT2D eigenvalue weighted by Crippen LogP contribution is -2.46. The molecule has 1 fully saturated rings. The van der Waals surface area contributed by atoms with Gasteiger partial charge in [0, 0.05) is 26.2 Å². The van der Waals surface area contributed by atoms with Gasteiger partial charge in [-0.2, -0.15) is 0 Å². The maximum atomic E-state index is 13.4. The van der Waals surface area contributed by atoms with Crippen molar-refractivity contribution in [2.45, 2.75) is 6.92 Å². The Hall–Kier alpha value is -1.82. The van der Waals surface area contributed by atoms with E-state index in [9.17, 15) is 14.3 Å². The van der Waals surface area contributed by atoms with Crippen molar-refractivity contribution in [3.63, 3.8) is 0 Å². The molecule has 5 nitrogen and oxygen atoms in total. The number of nitrogens with zero attached hydrogens (tertiary/aromatic N) is 2. The minimum Gasteiger partial charge on any atom is -0.478 e. The van der Waals surface area contributed by atoms with Crippen LogP contribution >= 0.6 is 0 Å². The molecular weight excluding hydrogens is 249 g/mol. The van der Waals surface area contributed by atoms with E-state index in [-0.39, 0.29) is 11.3 Å². The van der Waals surface area contributed by atoms with E-state index in [1.54, 1.807) is 0 Å². The molecule has 1 aromatic carbocycles. The van der Waals surface area contributed by atoms with E-state index in [1.165, 1.54) is 12.1 Å². The topological polar surface area (TPSA) is 69.8 Å². The number of piperazine rings is 1. The lowest BCUT2D eigenvalue weighted by atomic mass is 10.1. The third-order valence-corrected chi connectivity index (χ3v) is 3.54. The minimum atomic E-state index is -1.19. The summed E-state index contributed by atoms with van der Waals surface area (Å²) in [5.41, 5.74) is 5.63. The zero-order valence-corrected chi connectivity index (χ0v) is 10.9. The van der Waals surface area contributed by atoms with Crippen LogP contribution in [0.4, 0.5) is 15.8 Å². The molecule has 0 atom stereocenters. The second kappa shape index (κ2) is 5.44. The van der Waals surface area contributed by atoms with E-state index in [4.69, 9.17) is 5.73 Å². The largest absolute Gasteiger partial charge is 0.478 e. The first-order valence-corrected chi connectivity index (χ1v) is 6.33. The van der Waals surface area contributed by atoms with Crippen LogP contribution in [0.2, 0.25) is 0 Å². The number of carboxylic acids is 1. The Balaban J connectivity index is 2.30. The molecule has 0 bridgehead atoms. The van der Waals surface area contributed by atoms with Crippen LogP contribution < -0.4 is 10.6 Å². The molecular formula is C13H18FN3O2. The van der Waals surface area contributed by atoms with Gasteiger partial charge in [-0.25, -0.2) is 9.18 Å². The van der Waals surface area contributed by atoms with Gasteiger partial charge >= 0.3 is 5.97 Å². The number of hydrogen-bond acceptors (Lipinski definition) is 4. The Bertz CT molecular complexity index is 485. The predicted octanol–water partition coefficient (Wildman–Crippen LogP) is 1.25. The van der Waals surface area contributed by atoms with Crippen LogP contribution in [-0.4, -0.2) is 48.7 Å². The van der Waals surface area contributed by atoms with Gasteiger partial charge in [-0.1, -0.05) is 6.92 Å². The molecule has 0 aliphatic carbocycles. The second-order valence-corrected chi connectivity index (χ2v) is 4.58. The van der Waals surface area contributed by atoms with Gasteiger partial charge in [0.25, 0.3) is 0 Å². The Labute approximate surface area is 111 Å². The number of carboxylic acid groups (broad SMARTS) is 1. The third kappa shape index (κ3) is 2.63. The highest BCUT2D eigenvalue weighted by Gasteiger charge is 2.24. The van der Waals surface area contributed by atoms with E-state index in [0.717, 1.165) is 32.7 Å². The maximum absolute atomic E-state index is 13.4. The zero-order valence-electron chi connectivity index (χ0n) is 10.9. The number of aromatic carboxylic acids is 1. The molecule has 19 heavy (non-hydrogen) atoms. The standard InChI is InChI=1S/C13H18FN3O2/c1-2-16-5-7-17(8-6-16)10-4-3-9(14)12(15)11(10)13(18)19/h3-4H,2,5-8,15H2,1H3,(H,18,19). The Morgan fingerprint density at radius 2 is 2.00 bits per heavy atom. The van der Waals surface area contributed by atoms with Gasteiger partial charge in [0.05, 0.1) is 11.4 Å². The molecule has 1 aliphatic rings. The van der Waals surface area contributed by atoms with Crippen LogP contribution in [0.3, 0.4) is 0 Å². The summed E-state index contributed by atoms with van der Waals surface area (Å²) in [7, 11) is 0. The van der Waals surface area contributed by atoms with Crippen molar-refractivity contribution in [1.82, 2.24) is 4.90 Å². The van der Waals surface area contributed by atoms with Gasteiger partial charge < -0.3 is 20.6 Å². The van der Waals surface area contributed by atoms with Crippen molar-refractivity contribution in [3.05, 3.63) is 23.5 Å². The summed E-state index contributed by atoms with van der Waals surface area (Å²) in [4.78, 5) is 15.5. The molecule has 0 unspecified atom stereocenters. The molecule has 0 radical (unpaired) electrons. The number of rotatable bonds is 3. The van der Waals surface area contributed by atoms with Crippen LogP contribution in [0.5, 0.6) is 0 Å². The highest BCUT2D eigenvalue weighted by Crippen LogP contribution is 2.29. The fraction of sp³-hybridized carbons (Fsp3) is 0.462. The zero-order chi connectivity index (χ0) is 14.0. The third-order valence-electron chi connectivity index (χ3n) is 3.54. The number of nitrogens with two attached hydrogens (primary N) is 1. The fourth-order valence-corrected chi connectivity index (χ4v) is 2.38. The molecule has 3 N–H and O–H groups in total. The smallest absolute Gasteiger partial charge is 0.340 e. The molecule has 1 heterocycles. The average molecular weight is 267 g/mol. The highest BCUT2D eigenvalue weighted by molar-refractivity contribution is 6.00. The number of anilines is 2. The molecule has 0 amide bonds. The first kappa shape index (κ1) is 13.6. The maximum Gasteiger partial charge on any atom is 0.340 e. The first-order valence-electron chi connectivity index (χ1n) is 6.33. The average Bonchev–Trinajstić information content (AvgIpc) is 2.41. The van der Waals surface area contributed by atoms with E-state index < -0.39 is 11.8 Å². The first-order chi connectivity index (χ1) is 9.04. The SMILES string of the molecule is CCN1CCN(c2ccc(F)c(N)c2C(=O)O)CC1. The van der Waals surface area contributed by atoms with E-state index in [0.29, 0.717) is 5.69 Å². The van der Waals surface area contributed by atoms with Gasteiger partial charge in [-0.3, -0.25) is 0 Å². The number of nitrogen functional groups attached to an aromatic ring is 1. The van der Waals surface area contributed by atoms with Crippen molar-refractivity contribution in [2.24, 2.45) is 0 Å². The highest BCUT2D eigenvalue weighted by atomic mass is 19.1. The minimum absolute atomic E-state index is 0.134. The van der Waals surface area contributed by atoms with Crippen LogP contribution in [0, 0.1) is 5.82 Å². The normalized spacial score (nSPS) is 16.6. The molecule has 1 saturated heterocycles. The molecule has 2 rings (SSSR count). The summed E-state index contributed by atoms with van der Waals surface area (Å²) in [6.07, 6.45) is 0. The van der Waals surface area contributed by atoms with Crippen molar-refractivity contribution < 1.29 is 14.3 Å². The summed E-state index contributed by atoms with van der Waals surface area (Å²) < 4.78 is 13.4. The molecule has 1 aromatic rings. The summed E-state index contributed by atoms with van der Waals surface area (Å²) in [6.45, 7) is 6.25. The van der Waals surface area contributed by atoms with Crippen molar-refractivity contribution in [1.29, 1.82) is 0 Å². The lowest BCUT2D eigenvalue weighted by molar-refractivity contribution is 0.0698. The number of likely N-dealkylation sites (N-methyl/N-ethyl adjacent to an activating group) is 1. The lowest BCUT2D eigenvalue weighted by Gasteiger charge is -2.36. The van der Waals surface area contributed by atoms with E-state index >= 15 is 0 Å². The van der Waals surface area contributed by atoms with Gasteiger partial charge in [0.15, 0.2) is 0 Å². The van der Waals surface area contributed by atoms with Crippen LogP contribution in [-0.2, 0) is 0 Å². The van der Waals surface area contributed by atoms with Gasteiger partial charge in [-0.15, -0.1) is 0 Å². The summed E-state index contributed by atoms with van der Waals surface area (Å²) in [6, 6.07) is 2.72. The molecule has 0 saturated carbocycles. The second-order valence-electron chi connectivity index (χ2n) is 4.58. The molecule has 6 heteroatoms. The molecule has 104 valence electrons. The molecule has 0 aromatic heterocycles. The number of halogens is 1.